The summed E-state index contributed by atoms with van der Waals surface area (Å²) in [6.07, 6.45) is 3.89. The fraction of sp³-hybridized carbons (Fsp3) is 0.0417. The number of pyridine rings is 1. The van der Waals surface area contributed by atoms with Gasteiger partial charge in [0.25, 0.3) is 0 Å². The highest BCUT2D eigenvalue weighted by atomic mass is 15.2. The zero-order valence-electron chi connectivity index (χ0n) is 14.1. The number of benzene rings is 3. The Balaban J connectivity index is 1.77. The van der Waals surface area contributed by atoms with E-state index in [1.165, 1.54) is 44.8 Å². The molecule has 0 spiro atoms. The lowest BCUT2D eigenvalue weighted by Gasteiger charge is -2.44. The van der Waals surface area contributed by atoms with Gasteiger partial charge in [-0.25, -0.2) is 0 Å². The molecule has 0 aliphatic carbocycles. The Kier molecular flexibility index (Phi) is 2.69. The summed E-state index contributed by atoms with van der Waals surface area (Å²) >= 11 is 0. The number of anilines is 2. The Hall–Kier alpha value is -3.39. The van der Waals surface area contributed by atoms with Crippen molar-refractivity contribution < 1.29 is 0 Å². The van der Waals surface area contributed by atoms with Gasteiger partial charge in [0.05, 0.1) is 17.9 Å². The maximum Gasteiger partial charge on any atom is 0.0857 e. The molecular formula is C24H16N2. The number of fused-ring (bicyclic) bond motifs is 11. The van der Waals surface area contributed by atoms with E-state index in [0.717, 1.165) is 0 Å². The molecule has 2 aliphatic rings. The third-order valence-electron chi connectivity index (χ3n) is 5.57. The molecule has 4 aromatic rings. The Labute approximate surface area is 152 Å². The normalized spacial score (nSPS) is 16.0. The van der Waals surface area contributed by atoms with Crippen LogP contribution in [0.5, 0.6) is 0 Å². The SMILES string of the molecule is c1ccc2c(c1)-c1ccccc1N1c3cnccc3-c3ccccc3C21. The first-order valence-corrected chi connectivity index (χ1v) is 8.94. The summed E-state index contributed by atoms with van der Waals surface area (Å²) in [7, 11) is 0. The molecule has 0 saturated carbocycles. The lowest BCUT2D eigenvalue weighted by molar-refractivity contribution is 0.800. The molecule has 0 fully saturated rings. The minimum atomic E-state index is 0.175. The monoisotopic (exact) mass is 332 g/mol. The highest BCUT2D eigenvalue weighted by Gasteiger charge is 2.38. The molecule has 1 aromatic heterocycles. The van der Waals surface area contributed by atoms with Crippen molar-refractivity contribution in [2.45, 2.75) is 6.04 Å². The van der Waals surface area contributed by atoms with Gasteiger partial charge in [-0.05, 0) is 34.4 Å². The molecule has 0 radical (unpaired) electrons. The summed E-state index contributed by atoms with van der Waals surface area (Å²) in [5, 5.41) is 0. The van der Waals surface area contributed by atoms with Crippen LogP contribution in [0, 0.1) is 0 Å². The molecular weight excluding hydrogens is 316 g/mol. The molecule has 122 valence electrons. The summed E-state index contributed by atoms with van der Waals surface area (Å²) in [5.41, 5.74) is 10.3. The van der Waals surface area contributed by atoms with E-state index in [1.54, 1.807) is 0 Å². The average Bonchev–Trinajstić information content (AvgIpc) is 2.73. The maximum atomic E-state index is 4.45. The van der Waals surface area contributed by atoms with Gasteiger partial charge in [0, 0.05) is 23.0 Å². The zero-order chi connectivity index (χ0) is 17.1. The molecule has 0 amide bonds. The van der Waals surface area contributed by atoms with Crippen molar-refractivity contribution in [2.24, 2.45) is 0 Å². The van der Waals surface area contributed by atoms with Crippen molar-refractivity contribution >= 4 is 11.4 Å². The molecule has 0 N–H and O–H groups in total. The summed E-state index contributed by atoms with van der Waals surface area (Å²) < 4.78 is 0. The van der Waals surface area contributed by atoms with Gasteiger partial charge in [0.2, 0.25) is 0 Å². The quantitative estimate of drug-likeness (QED) is 0.394. The van der Waals surface area contributed by atoms with E-state index in [9.17, 15) is 0 Å². The first-order valence-electron chi connectivity index (χ1n) is 8.94. The van der Waals surface area contributed by atoms with E-state index in [2.05, 4.69) is 88.7 Å². The summed E-state index contributed by atoms with van der Waals surface area (Å²) in [6, 6.07) is 28.6. The van der Waals surface area contributed by atoms with Crippen LogP contribution in [0.25, 0.3) is 22.3 Å². The second-order valence-electron chi connectivity index (χ2n) is 6.86. The summed E-state index contributed by atoms with van der Waals surface area (Å²) in [6.45, 7) is 0. The van der Waals surface area contributed by atoms with Gasteiger partial charge in [0.15, 0.2) is 0 Å². The molecule has 3 heterocycles. The highest BCUT2D eigenvalue weighted by Crippen LogP contribution is 2.56. The number of rotatable bonds is 0. The molecule has 1 atom stereocenters. The second kappa shape index (κ2) is 5.06. The summed E-state index contributed by atoms with van der Waals surface area (Å²) in [5.74, 6) is 0. The smallest absolute Gasteiger partial charge is 0.0857 e. The molecule has 0 saturated heterocycles. The Morgan fingerprint density at radius 1 is 0.577 bits per heavy atom. The highest BCUT2D eigenvalue weighted by molar-refractivity contribution is 5.96. The van der Waals surface area contributed by atoms with Gasteiger partial charge >= 0.3 is 0 Å². The van der Waals surface area contributed by atoms with E-state index in [0.29, 0.717) is 0 Å². The van der Waals surface area contributed by atoms with Gasteiger partial charge < -0.3 is 4.90 Å². The van der Waals surface area contributed by atoms with Gasteiger partial charge in [-0.2, -0.15) is 0 Å². The first-order chi connectivity index (χ1) is 12.9. The number of nitrogens with zero attached hydrogens (tertiary/aromatic N) is 2. The Morgan fingerprint density at radius 3 is 1.88 bits per heavy atom. The number of aromatic nitrogens is 1. The van der Waals surface area contributed by atoms with Crippen molar-refractivity contribution in [3.8, 4) is 22.3 Å². The number of hydrogen-bond acceptors (Lipinski definition) is 2. The van der Waals surface area contributed by atoms with Crippen LogP contribution in [0.1, 0.15) is 17.2 Å². The van der Waals surface area contributed by atoms with Crippen LogP contribution in [0.4, 0.5) is 11.4 Å². The zero-order valence-corrected chi connectivity index (χ0v) is 14.1. The van der Waals surface area contributed by atoms with E-state index >= 15 is 0 Å². The van der Waals surface area contributed by atoms with E-state index < -0.39 is 0 Å². The molecule has 0 bridgehead atoms. The lowest BCUT2D eigenvalue weighted by atomic mass is 9.79. The lowest BCUT2D eigenvalue weighted by Crippen LogP contribution is -2.32. The van der Waals surface area contributed by atoms with Crippen LogP contribution in [0.3, 0.4) is 0 Å². The van der Waals surface area contributed by atoms with Crippen LogP contribution in [-0.2, 0) is 0 Å². The standard InChI is InChI=1S/C24H16N2/c1-3-10-20-16(7-1)18-9-5-6-12-22(18)26-23-15-25-14-13-19(23)17-8-2-4-11-21(17)24(20)26/h1-15,24H. The van der Waals surface area contributed by atoms with Gasteiger partial charge in [0.1, 0.15) is 0 Å². The van der Waals surface area contributed by atoms with Crippen molar-refractivity contribution in [3.63, 3.8) is 0 Å². The van der Waals surface area contributed by atoms with Crippen molar-refractivity contribution in [3.05, 3.63) is 102 Å². The fourth-order valence-electron chi connectivity index (χ4n) is 4.53. The molecule has 2 heteroatoms. The fourth-order valence-corrected chi connectivity index (χ4v) is 4.53. The maximum absolute atomic E-state index is 4.45. The third-order valence-corrected chi connectivity index (χ3v) is 5.57. The molecule has 2 aliphatic heterocycles. The van der Waals surface area contributed by atoms with Crippen LogP contribution >= 0.6 is 0 Å². The third kappa shape index (κ3) is 1.68. The van der Waals surface area contributed by atoms with Crippen molar-refractivity contribution in [1.29, 1.82) is 0 Å². The van der Waals surface area contributed by atoms with Crippen LogP contribution in [0.2, 0.25) is 0 Å². The van der Waals surface area contributed by atoms with E-state index in [1.807, 2.05) is 12.4 Å². The van der Waals surface area contributed by atoms with Crippen molar-refractivity contribution in [1.82, 2.24) is 4.98 Å². The first kappa shape index (κ1) is 13.9. The van der Waals surface area contributed by atoms with Crippen LogP contribution in [-0.4, -0.2) is 4.98 Å². The molecule has 3 aromatic carbocycles. The second-order valence-corrected chi connectivity index (χ2v) is 6.86. The van der Waals surface area contributed by atoms with Gasteiger partial charge in [-0.15, -0.1) is 0 Å². The minimum Gasteiger partial charge on any atom is -0.327 e. The largest absolute Gasteiger partial charge is 0.327 e. The van der Waals surface area contributed by atoms with Gasteiger partial charge in [-0.3, -0.25) is 4.98 Å². The summed E-state index contributed by atoms with van der Waals surface area (Å²) in [4.78, 5) is 6.91. The van der Waals surface area contributed by atoms with Crippen molar-refractivity contribution in [2.75, 3.05) is 4.90 Å². The van der Waals surface area contributed by atoms with E-state index in [4.69, 9.17) is 0 Å². The minimum absolute atomic E-state index is 0.175. The molecule has 6 rings (SSSR count). The van der Waals surface area contributed by atoms with Crippen LogP contribution < -0.4 is 4.90 Å². The average molecular weight is 332 g/mol. The Bertz CT molecular complexity index is 978. The van der Waals surface area contributed by atoms with Gasteiger partial charge in [-0.1, -0.05) is 66.7 Å². The Morgan fingerprint density at radius 2 is 1.15 bits per heavy atom. The van der Waals surface area contributed by atoms with Crippen LogP contribution in [0.15, 0.2) is 91.3 Å². The molecule has 1 unspecified atom stereocenters. The molecule has 2 nitrogen and oxygen atoms in total. The number of para-hydroxylation sites is 1. The van der Waals surface area contributed by atoms with E-state index in [-0.39, 0.29) is 6.04 Å². The number of hydrogen-bond donors (Lipinski definition) is 0. The predicted octanol–water partition coefficient (Wildman–Crippen LogP) is 5.97. The topological polar surface area (TPSA) is 16.1 Å². The predicted molar refractivity (Wildman–Crippen MR) is 106 cm³/mol. The molecule has 26 heavy (non-hydrogen) atoms.